The number of rotatable bonds is 12. The first-order valence-corrected chi connectivity index (χ1v) is 15.9. The maximum absolute atomic E-state index is 6.84. The quantitative estimate of drug-likeness (QED) is 0.151. The van der Waals surface area contributed by atoms with Crippen LogP contribution in [-0.4, -0.2) is 50.1 Å². The van der Waals surface area contributed by atoms with E-state index in [9.17, 15) is 0 Å². The van der Waals surface area contributed by atoms with Crippen molar-refractivity contribution in [2.75, 3.05) is 25.0 Å². The highest BCUT2D eigenvalue weighted by Gasteiger charge is 2.20. The number of pyridine rings is 1. The van der Waals surface area contributed by atoms with Gasteiger partial charge in [0.2, 0.25) is 0 Å². The van der Waals surface area contributed by atoms with Gasteiger partial charge < -0.3 is 14.8 Å². The zero-order chi connectivity index (χ0) is 30.5. The van der Waals surface area contributed by atoms with Crippen LogP contribution in [-0.2, 0) is 6.54 Å². The summed E-state index contributed by atoms with van der Waals surface area (Å²) in [4.78, 5) is 17.2. The molecule has 1 N–H and O–H groups in total. The molecule has 44 heavy (non-hydrogen) atoms. The number of halogens is 1. The minimum Gasteiger partial charge on any atom is -0.367 e. The number of aromatic nitrogens is 4. The largest absolute Gasteiger partial charge is 0.367 e. The van der Waals surface area contributed by atoms with Crippen LogP contribution in [0, 0.1) is 0 Å². The summed E-state index contributed by atoms with van der Waals surface area (Å²) < 4.78 is 2.22. The van der Waals surface area contributed by atoms with Crippen LogP contribution in [0.2, 0.25) is 5.02 Å². The Bertz CT molecular complexity index is 1850. The summed E-state index contributed by atoms with van der Waals surface area (Å²) in [5.41, 5.74) is 6.18. The molecule has 0 saturated carbocycles. The van der Waals surface area contributed by atoms with E-state index in [2.05, 4.69) is 95.3 Å². The van der Waals surface area contributed by atoms with Gasteiger partial charge in [0.05, 0.1) is 16.1 Å². The van der Waals surface area contributed by atoms with Gasteiger partial charge in [-0.2, -0.15) is 0 Å². The Morgan fingerprint density at radius 3 is 2.36 bits per heavy atom. The monoisotopic (exact) mass is 602 g/mol. The minimum absolute atomic E-state index is 0.245. The number of benzene rings is 3. The molecule has 6 nitrogen and oxygen atoms in total. The molecule has 1 unspecified atom stereocenters. The molecule has 3 aromatic heterocycles. The molecule has 1 atom stereocenters. The van der Waals surface area contributed by atoms with Crippen molar-refractivity contribution in [3.05, 3.63) is 108 Å². The van der Waals surface area contributed by atoms with Crippen LogP contribution < -0.4 is 5.32 Å². The van der Waals surface area contributed by atoms with Crippen LogP contribution in [0.3, 0.4) is 0 Å². The number of hydrogen-bond acceptors (Lipinski definition) is 5. The van der Waals surface area contributed by atoms with E-state index in [1.807, 2.05) is 42.7 Å². The van der Waals surface area contributed by atoms with Gasteiger partial charge in [-0.25, -0.2) is 9.97 Å². The van der Waals surface area contributed by atoms with E-state index in [-0.39, 0.29) is 6.04 Å². The summed E-state index contributed by atoms with van der Waals surface area (Å²) in [7, 11) is 0. The van der Waals surface area contributed by atoms with E-state index < -0.39 is 0 Å². The first-order chi connectivity index (χ1) is 21.6. The maximum Gasteiger partial charge on any atom is 0.164 e. The van der Waals surface area contributed by atoms with Crippen molar-refractivity contribution in [1.29, 1.82) is 0 Å². The summed E-state index contributed by atoms with van der Waals surface area (Å²) in [6, 6.07) is 27.2. The van der Waals surface area contributed by atoms with Crippen LogP contribution in [0.15, 0.2) is 97.5 Å². The van der Waals surface area contributed by atoms with Crippen molar-refractivity contribution < 1.29 is 0 Å². The van der Waals surface area contributed by atoms with E-state index in [1.165, 1.54) is 5.56 Å². The highest BCUT2D eigenvalue weighted by molar-refractivity contribution is 6.35. The van der Waals surface area contributed by atoms with Gasteiger partial charge in [0, 0.05) is 53.1 Å². The molecule has 0 fully saturated rings. The van der Waals surface area contributed by atoms with Crippen LogP contribution >= 0.6 is 11.6 Å². The Kier molecular flexibility index (Phi) is 9.20. The Morgan fingerprint density at radius 1 is 0.841 bits per heavy atom. The van der Waals surface area contributed by atoms with Crippen molar-refractivity contribution >= 4 is 39.2 Å². The molecule has 6 rings (SSSR count). The number of hydrogen-bond donors (Lipinski definition) is 1. The third-order valence-electron chi connectivity index (χ3n) is 8.39. The molecule has 0 radical (unpaired) electrons. The van der Waals surface area contributed by atoms with E-state index in [0.29, 0.717) is 17.4 Å². The molecule has 0 aliphatic carbocycles. The fourth-order valence-electron chi connectivity index (χ4n) is 6.01. The predicted molar refractivity (Wildman–Crippen MR) is 184 cm³/mol. The topological polar surface area (TPSA) is 58.9 Å². The summed E-state index contributed by atoms with van der Waals surface area (Å²) in [6.07, 6.45) is 7.98. The molecule has 3 aromatic carbocycles. The van der Waals surface area contributed by atoms with E-state index >= 15 is 0 Å². The number of anilines is 1. The average Bonchev–Trinajstić information content (AvgIpc) is 3.43. The predicted octanol–water partition coefficient (Wildman–Crippen LogP) is 8.94. The van der Waals surface area contributed by atoms with Gasteiger partial charge in [0.15, 0.2) is 5.82 Å². The smallest absolute Gasteiger partial charge is 0.164 e. The van der Waals surface area contributed by atoms with Gasteiger partial charge in [-0.3, -0.25) is 4.98 Å². The molecule has 0 spiro atoms. The molecule has 0 bridgehead atoms. The average molecular weight is 603 g/mol. The summed E-state index contributed by atoms with van der Waals surface area (Å²) in [5.74, 6) is 1.53. The molecule has 224 valence electrons. The molecular formula is C37H39ClN6. The lowest BCUT2D eigenvalue weighted by molar-refractivity contribution is 0.295. The number of para-hydroxylation sites is 2. The molecule has 0 amide bonds. The third kappa shape index (κ3) is 6.33. The lowest BCUT2D eigenvalue weighted by atomic mass is 10.0. The van der Waals surface area contributed by atoms with Crippen molar-refractivity contribution in [3.8, 4) is 22.5 Å². The second-order valence-electron chi connectivity index (χ2n) is 11.3. The van der Waals surface area contributed by atoms with Gasteiger partial charge in [0.25, 0.3) is 0 Å². The van der Waals surface area contributed by atoms with Crippen molar-refractivity contribution in [2.45, 2.75) is 46.2 Å². The number of nitrogens with zero attached hydrogens (tertiary/aromatic N) is 5. The zero-order valence-electron chi connectivity index (χ0n) is 25.7. The van der Waals surface area contributed by atoms with Gasteiger partial charge >= 0.3 is 0 Å². The zero-order valence-corrected chi connectivity index (χ0v) is 26.4. The second kappa shape index (κ2) is 13.6. The normalized spacial score (nSPS) is 12.3. The molecule has 0 aliphatic rings. The van der Waals surface area contributed by atoms with Crippen molar-refractivity contribution in [3.63, 3.8) is 0 Å². The Hall–Kier alpha value is -4.26. The molecular weight excluding hydrogens is 564 g/mol. The van der Waals surface area contributed by atoms with Gasteiger partial charge in [-0.15, -0.1) is 0 Å². The van der Waals surface area contributed by atoms with E-state index in [0.717, 1.165) is 76.8 Å². The molecule has 0 saturated heterocycles. The van der Waals surface area contributed by atoms with Crippen molar-refractivity contribution in [1.82, 2.24) is 24.4 Å². The van der Waals surface area contributed by atoms with Gasteiger partial charge in [-0.1, -0.05) is 80.0 Å². The highest BCUT2D eigenvalue weighted by Crippen LogP contribution is 2.37. The molecule has 6 aromatic rings. The van der Waals surface area contributed by atoms with Crippen molar-refractivity contribution in [2.24, 2.45) is 0 Å². The first kappa shape index (κ1) is 29.8. The molecule has 7 heteroatoms. The summed E-state index contributed by atoms with van der Waals surface area (Å²) in [5, 5.41) is 6.52. The summed E-state index contributed by atoms with van der Waals surface area (Å²) >= 11 is 6.84. The third-order valence-corrected chi connectivity index (χ3v) is 8.70. The Labute approximate surface area is 264 Å². The van der Waals surface area contributed by atoms with Crippen LogP contribution in [0.1, 0.15) is 39.2 Å². The first-order valence-electron chi connectivity index (χ1n) is 15.6. The van der Waals surface area contributed by atoms with Gasteiger partial charge in [0.1, 0.15) is 5.82 Å². The number of nitrogens with one attached hydrogen (secondary N) is 1. The minimum atomic E-state index is 0.245. The lowest BCUT2D eigenvalue weighted by Crippen LogP contribution is -2.25. The molecule has 3 heterocycles. The van der Waals surface area contributed by atoms with Crippen LogP contribution in [0.5, 0.6) is 0 Å². The summed E-state index contributed by atoms with van der Waals surface area (Å²) in [6.45, 7) is 10.7. The van der Waals surface area contributed by atoms with Crippen LogP contribution in [0.25, 0.3) is 44.3 Å². The van der Waals surface area contributed by atoms with E-state index in [1.54, 1.807) is 0 Å². The lowest BCUT2D eigenvalue weighted by Gasteiger charge is -2.21. The van der Waals surface area contributed by atoms with Gasteiger partial charge in [-0.05, 0) is 74.8 Å². The fourth-order valence-corrected chi connectivity index (χ4v) is 6.29. The Morgan fingerprint density at radius 2 is 1.59 bits per heavy atom. The van der Waals surface area contributed by atoms with E-state index in [4.69, 9.17) is 21.6 Å². The maximum atomic E-state index is 6.84. The highest BCUT2D eigenvalue weighted by atomic mass is 35.5. The SMILES string of the molecule is CCN(CC)CCCC(C)Nc1nc(-c2cn(Cc3ccccc3)c3c(Cl)cccc23)nc2c(-c3ccncc3)cccc12. The standard InChI is InChI=1S/C37H39ClN6/c1-4-43(5-2)23-11-12-26(3)40-36-31-17-9-15-29(28-19-21-39-22-20-28)34(31)41-37(42-36)32-25-44(24-27-13-7-6-8-14-27)35-30(32)16-10-18-33(35)38/h6-10,13-22,25-26H,4-5,11-12,23-24H2,1-3H3,(H,40,41,42). The Balaban J connectivity index is 1.47. The van der Waals surface area contributed by atoms with Crippen LogP contribution in [0.4, 0.5) is 5.82 Å². The molecule has 0 aliphatic heterocycles. The second-order valence-corrected chi connectivity index (χ2v) is 11.7. The fraction of sp³-hybridized carbons (Fsp3) is 0.270. The number of fused-ring (bicyclic) bond motifs is 2.